The molecule has 0 bridgehead atoms. The molecule has 1 unspecified atom stereocenters. The zero-order chi connectivity index (χ0) is 20.5. The van der Waals surface area contributed by atoms with E-state index < -0.39 is 6.10 Å². The van der Waals surface area contributed by atoms with Gasteiger partial charge in [-0.15, -0.1) is 0 Å². The summed E-state index contributed by atoms with van der Waals surface area (Å²) in [6.45, 7) is 3.67. The van der Waals surface area contributed by atoms with Crippen molar-refractivity contribution in [1.82, 2.24) is 14.8 Å². The molecule has 2 amide bonds. The van der Waals surface area contributed by atoms with E-state index in [-0.39, 0.29) is 18.4 Å². The molecule has 2 heterocycles. The SMILES string of the molecule is Cc1ccc(-c2n[nH]c(=S)n2CC(=O)Nc2ccc3c(c2)NC(=O)C(C)O3)cc1. The Hall–Kier alpha value is -3.46. The number of hydrogen-bond donors (Lipinski definition) is 3. The van der Waals surface area contributed by atoms with Crippen molar-refractivity contribution in [2.75, 3.05) is 10.6 Å². The number of ether oxygens (including phenoxy) is 1. The third-order valence-electron chi connectivity index (χ3n) is 4.56. The summed E-state index contributed by atoms with van der Waals surface area (Å²) in [5.41, 5.74) is 3.05. The Morgan fingerprint density at radius 2 is 2.03 bits per heavy atom. The summed E-state index contributed by atoms with van der Waals surface area (Å²) in [4.78, 5) is 24.4. The van der Waals surface area contributed by atoms with Crippen molar-refractivity contribution in [2.45, 2.75) is 26.5 Å². The first kappa shape index (κ1) is 18.9. The molecule has 0 aliphatic carbocycles. The molecule has 3 N–H and O–H groups in total. The van der Waals surface area contributed by atoms with Gasteiger partial charge in [-0.25, -0.2) is 0 Å². The summed E-state index contributed by atoms with van der Waals surface area (Å²) in [6.07, 6.45) is -0.550. The van der Waals surface area contributed by atoms with Crippen LogP contribution in [0.15, 0.2) is 42.5 Å². The molecule has 2 aromatic carbocycles. The molecule has 0 spiro atoms. The molecule has 0 saturated carbocycles. The quantitative estimate of drug-likeness (QED) is 0.574. The van der Waals surface area contributed by atoms with Gasteiger partial charge in [0.15, 0.2) is 16.7 Å². The molecule has 3 aromatic rings. The minimum absolute atomic E-state index is 0.00444. The monoisotopic (exact) mass is 409 g/mol. The van der Waals surface area contributed by atoms with E-state index in [9.17, 15) is 9.59 Å². The topological polar surface area (TPSA) is 101 Å². The molecule has 1 aliphatic rings. The van der Waals surface area contributed by atoms with Gasteiger partial charge in [-0.2, -0.15) is 5.10 Å². The highest BCUT2D eigenvalue weighted by atomic mass is 32.1. The number of fused-ring (bicyclic) bond motifs is 1. The second-order valence-electron chi connectivity index (χ2n) is 6.81. The maximum Gasteiger partial charge on any atom is 0.265 e. The second-order valence-corrected chi connectivity index (χ2v) is 7.20. The number of hydrogen-bond acceptors (Lipinski definition) is 5. The van der Waals surface area contributed by atoms with Crippen LogP contribution in [0, 0.1) is 11.7 Å². The van der Waals surface area contributed by atoms with Crippen LogP contribution < -0.4 is 15.4 Å². The predicted molar refractivity (Wildman–Crippen MR) is 111 cm³/mol. The van der Waals surface area contributed by atoms with E-state index in [2.05, 4.69) is 20.8 Å². The number of aromatic nitrogens is 3. The number of nitrogens with zero attached hydrogens (tertiary/aromatic N) is 2. The van der Waals surface area contributed by atoms with Crippen LogP contribution in [0.25, 0.3) is 11.4 Å². The number of H-pyrrole nitrogens is 1. The fraction of sp³-hybridized carbons (Fsp3) is 0.200. The van der Waals surface area contributed by atoms with E-state index in [1.807, 2.05) is 31.2 Å². The molecule has 1 aliphatic heterocycles. The highest BCUT2D eigenvalue weighted by Gasteiger charge is 2.23. The van der Waals surface area contributed by atoms with Crippen LogP contribution in [0.4, 0.5) is 11.4 Å². The Kier molecular flexibility index (Phi) is 4.89. The number of aryl methyl sites for hydroxylation is 1. The largest absolute Gasteiger partial charge is 0.479 e. The average Bonchev–Trinajstić information content (AvgIpc) is 3.04. The van der Waals surface area contributed by atoms with Gasteiger partial charge in [-0.3, -0.25) is 19.3 Å². The van der Waals surface area contributed by atoms with Crippen LogP contribution in [0.1, 0.15) is 12.5 Å². The first-order chi connectivity index (χ1) is 13.9. The maximum atomic E-state index is 12.6. The summed E-state index contributed by atoms with van der Waals surface area (Å²) in [6, 6.07) is 12.9. The smallest absolute Gasteiger partial charge is 0.265 e. The number of carbonyl (C=O) groups excluding carboxylic acids is 2. The van der Waals surface area contributed by atoms with E-state index in [0.29, 0.717) is 27.7 Å². The van der Waals surface area contributed by atoms with E-state index in [0.717, 1.165) is 11.1 Å². The number of aromatic amines is 1. The van der Waals surface area contributed by atoms with Crippen molar-refractivity contribution in [3.63, 3.8) is 0 Å². The third kappa shape index (κ3) is 3.90. The predicted octanol–water partition coefficient (Wildman–Crippen LogP) is 3.27. The van der Waals surface area contributed by atoms with Crippen LogP contribution in [0.5, 0.6) is 5.75 Å². The molecular formula is C20H19N5O3S. The van der Waals surface area contributed by atoms with Crippen molar-refractivity contribution in [3.05, 3.63) is 52.8 Å². The standard InChI is InChI=1S/C20H19N5O3S/c1-11-3-5-13(6-4-11)18-23-24-20(29)25(18)10-17(26)21-14-7-8-16-15(9-14)22-19(27)12(2)28-16/h3-9,12H,10H2,1-2H3,(H,21,26)(H,22,27)(H,24,29). The van der Waals surface area contributed by atoms with Crippen LogP contribution in [-0.4, -0.2) is 32.7 Å². The van der Waals surface area contributed by atoms with Gasteiger partial charge in [-0.05, 0) is 44.3 Å². The minimum Gasteiger partial charge on any atom is -0.479 e. The number of anilines is 2. The third-order valence-corrected chi connectivity index (χ3v) is 4.88. The molecule has 9 heteroatoms. The van der Waals surface area contributed by atoms with Gasteiger partial charge >= 0.3 is 0 Å². The van der Waals surface area contributed by atoms with Gasteiger partial charge in [0.05, 0.1) is 5.69 Å². The Balaban J connectivity index is 1.52. The average molecular weight is 409 g/mol. The Morgan fingerprint density at radius 3 is 2.79 bits per heavy atom. The molecule has 1 atom stereocenters. The van der Waals surface area contributed by atoms with Crippen molar-refractivity contribution in [2.24, 2.45) is 0 Å². The van der Waals surface area contributed by atoms with E-state index in [1.165, 1.54) is 0 Å². The van der Waals surface area contributed by atoms with Gasteiger partial charge in [0.2, 0.25) is 5.91 Å². The molecule has 0 fully saturated rings. The maximum absolute atomic E-state index is 12.6. The van der Waals surface area contributed by atoms with Crippen molar-refractivity contribution < 1.29 is 14.3 Å². The number of amides is 2. The Labute approximate surface area is 171 Å². The van der Waals surface area contributed by atoms with Crippen molar-refractivity contribution in [3.8, 4) is 17.1 Å². The van der Waals surface area contributed by atoms with Gasteiger partial charge in [-0.1, -0.05) is 29.8 Å². The van der Waals surface area contributed by atoms with E-state index in [4.69, 9.17) is 17.0 Å². The fourth-order valence-electron chi connectivity index (χ4n) is 3.02. The van der Waals surface area contributed by atoms with Crippen molar-refractivity contribution >= 4 is 35.4 Å². The zero-order valence-corrected chi connectivity index (χ0v) is 16.7. The summed E-state index contributed by atoms with van der Waals surface area (Å²) >= 11 is 5.29. The number of rotatable bonds is 4. The van der Waals surface area contributed by atoms with Gasteiger partial charge < -0.3 is 15.4 Å². The first-order valence-corrected chi connectivity index (χ1v) is 9.45. The molecule has 0 radical (unpaired) electrons. The summed E-state index contributed by atoms with van der Waals surface area (Å²) in [5, 5.41) is 12.6. The molecule has 1 aromatic heterocycles. The van der Waals surface area contributed by atoms with Gasteiger partial charge in [0.25, 0.3) is 5.91 Å². The summed E-state index contributed by atoms with van der Waals surface area (Å²) < 4.78 is 7.52. The number of benzene rings is 2. The van der Waals surface area contributed by atoms with Gasteiger partial charge in [0.1, 0.15) is 12.3 Å². The first-order valence-electron chi connectivity index (χ1n) is 9.04. The van der Waals surface area contributed by atoms with Gasteiger partial charge in [0, 0.05) is 11.3 Å². The normalized spacial score (nSPS) is 15.2. The lowest BCUT2D eigenvalue weighted by Gasteiger charge is -2.23. The molecule has 0 saturated heterocycles. The summed E-state index contributed by atoms with van der Waals surface area (Å²) in [5.74, 6) is 0.653. The zero-order valence-electron chi connectivity index (χ0n) is 15.9. The number of carbonyl (C=O) groups is 2. The Bertz CT molecular complexity index is 1150. The molecule has 4 rings (SSSR count). The summed E-state index contributed by atoms with van der Waals surface area (Å²) in [7, 11) is 0. The highest BCUT2D eigenvalue weighted by molar-refractivity contribution is 7.71. The molecular weight excluding hydrogens is 390 g/mol. The van der Waals surface area contributed by atoms with Crippen LogP contribution in [0.2, 0.25) is 0 Å². The fourth-order valence-corrected chi connectivity index (χ4v) is 3.21. The second kappa shape index (κ2) is 7.51. The Morgan fingerprint density at radius 1 is 1.28 bits per heavy atom. The van der Waals surface area contributed by atoms with Crippen molar-refractivity contribution in [1.29, 1.82) is 0 Å². The lowest BCUT2D eigenvalue weighted by molar-refractivity contribution is -0.122. The molecule has 8 nitrogen and oxygen atoms in total. The van der Waals surface area contributed by atoms with Crippen LogP contribution >= 0.6 is 12.2 Å². The lowest BCUT2D eigenvalue weighted by atomic mass is 10.1. The number of nitrogens with one attached hydrogen (secondary N) is 3. The minimum atomic E-state index is -0.550. The van der Waals surface area contributed by atoms with E-state index >= 15 is 0 Å². The van der Waals surface area contributed by atoms with Crippen LogP contribution in [-0.2, 0) is 16.1 Å². The van der Waals surface area contributed by atoms with E-state index in [1.54, 1.807) is 29.7 Å². The highest BCUT2D eigenvalue weighted by Crippen LogP contribution is 2.32. The lowest BCUT2D eigenvalue weighted by Crippen LogP contribution is -2.34. The van der Waals surface area contributed by atoms with Crippen LogP contribution in [0.3, 0.4) is 0 Å². The molecule has 29 heavy (non-hydrogen) atoms. The molecule has 148 valence electrons.